The molecule has 4 heteroatoms. The Bertz CT molecular complexity index is 626. The topological polar surface area (TPSA) is 46.9 Å². The first-order chi connectivity index (χ1) is 10.4. The van der Waals surface area contributed by atoms with Crippen molar-refractivity contribution < 1.29 is 4.79 Å². The molecule has 0 aliphatic carbocycles. The van der Waals surface area contributed by atoms with E-state index in [-0.39, 0.29) is 11.9 Å². The van der Waals surface area contributed by atoms with Gasteiger partial charge < -0.3 is 5.32 Å². The van der Waals surface area contributed by atoms with Crippen LogP contribution < -0.4 is 5.32 Å². The Morgan fingerprint density at radius 2 is 1.68 bits per heavy atom. The molecule has 1 unspecified atom stereocenters. The molecule has 0 fully saturated rings. The third-order valence-electron chi connectivity index (χ3n) is 3.88. The predicted octanol–water partition coefficient (Wildman–Crippen LogP) is 3.67. The molecule has 0 saturated heterocycles. The minimum Gasteiger partial charge on any atom is -0.345 e. The third-order valence-corrected chi connectivity index (χ3v) is 3.88. The number of nitrogens with one attached hydrogen (secondary N) is 1. The second-order valence-corrected chi connectivity index (χ2v) is 6.42. The largest absolute Gasteiger partial charge is 0.345 e. The lowest BCUT2D eigenvalue weighted by Crippen LogP contribution is -2.31. The van der Waals surface area contributed by atoms with Gasteiger partial charge in [-0.3, -0.25) is 9.48 Å². The van der Waals surface area contributed by atoms with E-state index in [0.717, 1.165) is 5.56 Å². The molecule has 1 heterocycles. The molecular formula is C18H25N3O. The molecule has 4 nitrogen and oxygen atoms in total. The summed E-state index contributed by atoms with van der Waals surface area (Å²) in [6.45, 7) is 8.59. The summed E-state index contributed by atoms with van der Waals surface area (Å²) in [5.74, 6) is 0.738. The summed E-state index contributed by atoms with van der Waals surface area (Å²) < 4.78 is 1.64. The summed E-state index contributed by atoms with van der Waals surface area (Å²) in [5, 5.41) is 7.17. The van der Waals surface area contributed by atoms with Crippen LogP contribution in [-0.4, -0.2) is 15.7 Å². The van der Waals surface area contributed by atoms with Crippen LogP contribution in [0.2, 0.25) is 0 Å². The number of aromatic nitrogens is 2. The van der Waals surface area contributed by atoms with Crippen molar-refractivity contribution in [3.63, 3.8) is 0 Å². The van der Waals surface area contributed by atoms with Crippen molar-refractivity contribution in [2.45, 2.75) is 39.7 Å². The van der Waals surface area contributed by atoms with Gasteiger partial charge in [-0.25, -0.2) is 0 Å². The normalized spacial score (nSPS) is 12.7. The Morgan fingerprint density at radius 3 is 2.14 bits per heavy atom. The van der Waals surface area contributed by atoms with Crippen LogP contribution in [-0.2, 0) is 7.05 Å². The van der Waals surface area contributed by atoms with Crippen molar-refractivity contribution in [2.24, 2.45) is 13.0 Å². The highest BCUT2D eigenvalue weighted by atomic mass is 16.1. The lowest BCUT2D eigenvalue weighted by Gasteiger charge is -2.23. The van der Waals surface area contributed by atoms with Gasteiger partial charge in [0.15, 0.2) is 0 Å². The van der Waals surface area contributed by atoms with Crippen molar-refractivity contribution in [2.75, 3.05) is 0 Å². The van der Waals surface area contributed by atoms with E-state index < -0.39 is 0 Å². The first kappa shape index (κ1) is 16.3. The molecule has 2 aromatic rings. The summed E-state index contributed by atoms with van der Waals surface area (Å²) in [6, 6.07) is 8.51. The van der Waals surface area contributed by atoms with Gasteiger partial charge in [0.25, 0.3) is 5.91 Å². The Morgan fingerprint density at radius 1 is 1.09 bits per heavy atom. The molecule has 0 aliphatic rings. The smallest absolute Gasteiger partial charge is 0.254 e. The van der Waals surface area contributed by atoms with Gasteiger partial charge in [-0.15, -0.1) is 0 Å². The van der Waals surface area contributed by atoms with Crippen LogP contribution in [0, 0.1) is 5.92 Å². The monoisotopic (exact) mass is 299 g/mol. The van der Waals surface area contributed by atoms with Crippen LogP contribution in [0.4, 0.5) is 0 Å². The van der Waals surface area contributed by atoms with Crippen molar-refractivity contribution >= 4 is 5.91 Å². The molecule has 0 spiro atoms. The van der Waals surface area contributed by atoms with Crippen LogP contribution in [0.5, 0.6) is 0 Å². The first-order valence-corrected chi connectivity index (χ1v) is 7.78. The van der Waals surface area contributed by atoms with Gasteiger partial charge in [0.1, 0.15) is 0 Å². The zero-order valence-electron chi connectivity index (χ0n) is 14.0. The molecule has 0 saturated carbocycles. The van der Waals surface area contributed by atoms with Crippen molar-refractivity contribution in [1.29, 1.82) is 0 Å². The average Bonchev–Trinajstić information content (AvgIpc) is 2.91. The fourth-order valence-corrected chi connectivity index (χ4v) is 2.49. The number of carbonyl (C=O) groups excluding carboxylic acids is 1. The maximum absolute atomic E-state index is 12.4. The SMILES string of the molecule is CC(C)c1ccc(C(NC(=O)c2cnn(C)c2)C(C)C)cc1. The van der Waals surface area contributed by atoms with Crippen LogP contribution in [0.3, 0.4) is 0 Å². The highest BCUT2D eigenvalue weighted by molar-refractivity contribution is 5.93. The van der Waals surface area contributed by atoms with E-state index in [0.29, 0.717) is 17.4 Å². The third kappa shape index (κ3) is 3.75. The van der Waals surface area contributed by atoms with E-state index in [1.165, 1.54) is 5.56 Å². The van der Waals surface area contributed by atoms with Gasteiger partial charge >= 0.3 is 0 Å². The fraction of sp³-hybridized carbons (Fsp3) is 0.444. The molecular weight excluding hydrogens is 274 g/mol. The van der Waals surface area contributed by atoms with Crippen LogP contribution in [0.25, 0.3) is 0 Å². The summed E-state index contributed by atoms with van der Waals surface area (Å²) in [5.41, 5.74) is 3.04. The van der Waals surface area contributed by atoms with E-state index in [1.807, 2.05) is 0 Å². The summed E-state index contributed by atoms with van der Waals surface area (Å²) in [7, 11) is 1.81. The van der Waals surface area contributed by atoms with Crippen LogP contribution in [0.15, 0.2) is 36.7 Å². The van der Waals surface area contributed by atoms with Gasteiger partial charge in [0, 0.05) is 13.2 Å². The molecule has 1 atom stereocenters. The molecule has 1 aromatic heterocycles. The Balaban J connectivity index is 2.17. The van der Waals surface area contributed by atoms with Crippen molar-refractivity contribution in [3.05, 3.63) is 53.3 Å². The zero-order chi connectivity index (χ0) is 16.3. The quantitative estimate of drug-likeness (QED) is 0.915. The van der Waals surface area contributed by atoms with Crippen LogP contribution >= 0.6 is 0 Å². The Labute approximate surface area is 132 Å². The maximum atomic E-state index is 12.4. The molecule has 1 amide bonds. The summed E-state index contributed by atoms with van der Waals surface area (Å²) in [4.78, 5) is 12.4. The van der Waals surface area contributed by atoms with Gasteiger partial charge in [0.2, 0.25) is 0 Å². The number of hydrogen-bond donors (Lipinski definition) is 1. The number of amides is 1. The lowest BCUT2D eigenvalue weighted by molar-refractivity contribution is 0.0925. The van der Waals surface area contributed by atoms with E-state index in [2.05, 4.69) is 62.4 Å². The predicted molar refractivity (Wildman–Crippen MR) is 88.8 cm³/mol. The number of nitrogens with zero attached hydrogens (tertiary/aromatic N) is 2. The van der Waals surface area contributed by atoms with E-state index in [9.17, 15) is 4.79 Å². The molecule has 1 N–H and O–H groups in total. The number of rotatable bonds is 5. The molecule has 118 valence electrons. The molecule has 2 rings (SSSR count). The minimum atomic E-state index is -0.0836. The molecule has 1 aromatic carbocycles. The number of carbonyl (C=O) groups is 1. The summed E-state index contributed by atoms with van der Waals surface area (Å²) >= 11 is 0. The molecule has 0 radical (unpaired) electrons. The average molecular weight is 299 g/mol. The minimum absolute atomic E-state index is 0.00563. The van der Waals surface area contributed by atoms with Gasteiger partial charge in [0.05, 0.1) is 17.8 Å². The van der Waals surface area contributed by atoms with E-state index >= 15 is 0 Å². The number of benzene rings is 1. The highest BCUT2D eigenvalue weighted by Gasteiger charge is 2.20. The van der Waals surface area contributed by atoms with Crippen LogP contribution in [0.1, 0.15) is 61.1 Å². The van der Waals surface area contributed by atoms with Gasteiger partial charge in [-0.05, 0) is 23.0 Å². The van der Waals surface area contributed by atoms with Gasteiger partial charge in [-0.2, -0.15) is 5.10 Å². The maximum Gasteiger partial charge on any atom is 0.254 e. The molecule has 0 bridgehead atoms. The summed E-state index contributed by atoms with van der Waals surface area (Å²) in [6.07, 6.45) is 3.32. The van der Waals surface area contributed by atoms with Crippen molar-refractivity contribution in [3.8, 4) is 0 Å². The zero-order valence-corrected chi connectivity index (χ0v) is 14.0. The van der Waals surface area contributed by atoms with Gasteiger partial charge in [-0.1, -0.05) is 52.0 Å². The number of aryl methyl sites for hydroxylation is 1. The van der Waals surface area contributed by atoms with E-state index in [4.69, 9.17) is 0 Å². The lowest BCUT2D eigenvalue weighted by atomic mass is 9.93. The number of hydrogen-bond acceptors (Lipinski definition) is 2. The highest BCUT2D eigenvalue weighted by Crippen LogP contribution is 2.24. The van der Waals surface area contributed by atoms with Crippen molar-refractivity contribution in [1.82, 2.24) is 15.1 Å². The second-order valence-electron chi connectivity index (χ2n) is 6.42. The fourth-order valence-electron chi connectivity index (χ4n) is 2.49. The molecule has 0 aliphatic heterocycles. The first-order valence-electron chi connectivity index (χ1n) is 7.78. The van der Waals surface area contributed by atoms with E-state index in [1.54, 1.807) is 24.1 Å². The standard InChI is InChI=1S/C18H25N3O/c1-12(2)14-6-8-15(9-7-14)17(13(3)4)20-18(22)16-10-19-21(5)11-16/h6-13,17H,1-5H3,(H,20,22). The second kappa shape index (κ2) is 6.77. The Kier molecular flexibility index (Phi) is 5.01. The molecule has 22 heavy (non-hydrogen) atoms. The Hall–Kier alpha value is -2.10.